The molecule has 1 aromatic rings. The zero-order valence-corrected chi connectivity index (χ0v) is 13.1. The number of hydrogen-bond donors (Lipinski definition) is 2. The SMILES string of the molecule is CCc1nn(C)cc1CNC(=O)C(C)CCCC(C)N. The van der Waals surface area contributed by atoms with Crippen molar-refractivity contribution < 1.29 is 4.79 Å². The second-order valence-electron chi connectivity index (χ2n) is 5.66. The molecule has 0 fully saturated rings. The van der Waals surface area contributed by atoms with Crippen molar-refractivity contribution in [3.63, 3.8) is 0 Å². The number of carbonyl (C=O) groups is 1. The lowest BCUT2D eigenvalue weighted by molar-refractivity contribution is -0.124. The lowest BCUT2D eigenvalue weighted by atomic mass is 10.0. The predicted octanol–water partition coefficient (Wildman–Crippen LogP) is 1.75. The molecule has 3 N–H and O–H groups in total. The Morgan fingerprint density at radius 3 is 2.75 bits per heavy atom. The number of aromatic nitrogens is 2. The monoisotopic (exact) mass is 280 g/mol. The Morgan fingerprint density at radius 2 is 2.15 bits per heavy atom. The molecule has 0 saturated heterocycles. The van der Waals surface area contributed by atoms with E-state index in [0.717, 1.165) is 36.9 Å². The van der Waals surface area contributed by atoms with Crippen LogP contribution in [0.1, 0.15) is 51.3 Å². The Labute approximate surface area is 121 Å². The highest BCUT2D eigenvalue weighted by molar-refractivity contribution is 5.78. The molecule has 20 heavy (non-hydrogen) atoms. The summed E-state index contributed by atoms with van der Waals surface area (Å²) in [4.78, 5) is 12.0. The first-order valence-electron chi connectivity index (χ1n) is 7.48. The first-order valence-corrected chi connectivity index (χ1v) is 7.48. The van der Waals surface area contributed by atoms with E-state index in [4.69, 9.17) is 5.73 Å². The molecule has 1 amide bonds. The molecule has 0 spiro atoms. The number of nitrogens with two attached hydrogens (primary N) is 1. The maximum absolute atomic E-state index is 12.0. The summed E-state index contributed by atoms with van der Waals surface area (Å²) in [5.74, 6) is 0.149. The Bertz CT molecular complexity index is 426. The molecule has 1 rings (SSSR count). The van der Waals surface area contributed by atoms with Gasteiger partial charge in [0.25, 0.3) is 0 Å². The molecule has 1 aromatic heterocycles. The Balaban J connectivity index is 2.38. The number of amides is 1. The summed E-state index contributed by atoms with van der Waals surface area (Å²) < 4.78 is 1.80. The quantitative estimate of drug-likeness (QED) is 0.762. The molecule has 0 aliphatic rings. The highest BCUT2D eigenvalue weighted by Crippen LogP contribution is 2.11. The Morgan fingerprint density at radius 1 is 1.45 bits per heavy atom. The minimum absolute atomic E-state index is 0.0375. The average molecular weight is 280 g/mol. The summed E-state index contributed by atoms with van der Waals surface area (Å²) in [6, 6.07) is 0.216. The molecule has 0 saturated carbocycles. The minimum atomic E-state index is 0.0375. The zero-order chi connectivity index (χ0) is 15.1. The predicted molar refractivity (Wildman–Crippen MR) is 81.1 cm³/mol. The van der Waals surface area contributed by atoms with Crippen LogP contribution in [0, 0.1) is 5.92 Å². The minimum Gasteiger partial charge on any atom is -0.352 e. The molecule has 114 valence electrons. The topological polar surface area (TPSA) is 72.9 Å². The molecule has 5 nitrogen and oxygen atoms in total. The molecule has 0 aromatic carbocycles. The van der Waals surface area contributed by atoms with Crippen LogP contribution in [-0.4, -0.2) is 21.7 Å². The van der Waals surface area contributed by atoms with E-state index in [1.54, 1.807) is 4.68 Å². The van der Waals surface area contributed by atoms with E-state index in [9.17, 15) is 4.79 Å². The number of nitrogens with one attached hydrogen (secondary N) is 1. The fraction of sp³-hybridized carbons (Fsp3) is 0.733. The summed E-state index contributed by atoms with van der Waals surface area (Å²) in [6.07, 6.45) is 5.72. The summed E-state index contributed by atoms with van der Waals surface area (Å²) in [5, 5.41) is 7.37. The molecular formula is C15H28N4O. The normalized spacial score (nSPS) is 14.1. The van der Waals surface area contributed by atoms with Crippen LogP contribution in [0.5, 0.6) is 0 Å². The molecular weight excluding hydrogens is 252 g/mol. The number of hydrogen-bond acceptors (Lipinski definition) is 3. The maximum atomic E-state index is 12.0. The van der Waals surface area contributed by atoms with Gasteiger partial charge in [-0.1, -0.05) is 20.3 Å². The van der Waals surface area contributed by atoms with Gasteiger partial charge in [-0.15, -0.1) is 0 Å². The van der Waals surface area contributed by atoms with Crippen LogP contribution in [0.2, 0.25) is 0 Å². The van der Waals surface area contributed by atoms with Crippen molar-refractivity contribution in [2.24, 2.45) is 18.7 Å². The molecule has 2 atom stereocenters. The van der Waals surface area contributed by atoms with Crippen LogP contribution in [-0.2, 0) is 24.8 Å². The average Bonchev–Trinajstić information content (AvgIpc) is 2.75. The van der Waals surface area contributed by atoms with Gasteiger partial charge in [-0.25, -0.2) is 0 Å². The molecule has 0 bridgehead atoms. The molecule has 2 unspecified atom stereocenters. The summed E-state index contributed by atoms with van der Waals surface area (Å²) in [7, 11) is 1.90. The maximum Gasteiger partial charge on any atom is 0.223 e. The van der Waals surface area contributed by atoms with E-state index in [2.05, 4.69) is 17.3 Å². The van der Waals surface area contributed by atoms with Gasteiger partial charge in [0.1, 0.15) is 0 Å². The third-order valence-electron chi connectivity index (χ3n) is 3.52. The second kappa shape index (κ2) is 8.04. The van der Waals surface area contributed by atoms with E-state index in [0.29, 0.717) is 6.54 Å². The van der Waals surface area contributed by atoms with E-state index < -0.39 is 0 Å². The number of aryl methyl sites for hydroxylation is 2. The molecule has 0 radical (unpaired) electrons. The lowest BCUT2D eigenvalue weighted by Crippen LogP contribution is -2.29. The highest BCUT2D eigenvalue weighted by Gasteiger charge is 2.14. The fourth-order valence-electron chi connectivity index (χ4n) is 2.26. The zero-order valence-electron chi connectivity index (χ0n) is 13.1. The first kappa shape index (κ1) is 16.7. The fourth-order valence-corrected chi connectivity index (χ4v) is 2.26. The van der Waals surface area contributed by atoms with Crippen LogP contribution < -0.4 is 11.1 Å². The summed E-state index contributed by atoms with van der Waals surface area (Å²) in [5.41, 5.74) is 7.87. The van der Waals surface area contributed by atoms with Crippen molar-refractivity contribution >= 4 is 5.91 Å². The third kappa shape index (κ3) is 5.33. The van der Waals surface area contributed by atoms with Gasteiger partial charge < -0.3 is 11.1 Å². The second-order valence-corrected chi connectivity index (χ2v) is 5.66. The van der Waals surface area contributed by atoms with E-state index in [-0.39, 0.29) is 17.9 Å². The van der Waals surface area contributed by atoms with Gasteiger partial charge in [0.05, 0.1) is 5.69 Å². The molecule has 0 aliphatic carbocycles. The van der Waals surface area contributed by atoms with Gasteiger partial charge in [0.15, 0.2) is 0 Å². The van der Waals surface area contributed by atoms with Crippen molar-refractivity contribution in [2.45, 2.75) is 59.0 Å². The van der Waals surface area contributed by atoms with Gasteiger partial charge in [0.2, 0.25) is 5.91 Å². The molecule has 0 aliphatic heterocycles. The first-order chi connectivity index (χ1) is 9.43. The Kier molecular flexibility index (Phi) is 6.71. The van der Waals surface area contributed by atoms with Crippen LogP contribution in [0.25, 0.3) is 0 Å². The van der Waals surface area contributed by atoms with Crippen molar-refractivity contribution in [2.75, 3.05) is 0 Å². The Hall–Kier alpha value is -1.36. The largest absolute Gasteiger partial charge is 0.352 e. The van der Waals surface area contributed by atoms with Gasteiger partial charge in [-0.05, 0) is 26.2 Å². The third-order valence-corrected chi connectivity index (χ3v) is 3.52. The van der Waals surface area contributed by atoms with Crippen molar-refractivity contribution in [3.05, 3.63) is 17.5 Å². The van der Waals surface area contributed by atoms with E-state index >= 15 is 0 Å². The van der Waals surface area contributed by atoms with E-state index in [1.165, 1.54) is 0 Å². The van der Waals surface area contributed by atoms with Crippen LogP contribution >= 0.6 is 0 Å². The smallest absolute Gasteiger partial charge is 0.223 e. The van der Waals surface area contributed by atoms with Crippen molar-refractivity contribution in [1.82, 2.24) is 15.1 Å². The van der Waals surface area contributed by atoms with Crippen LogP contribution in [0.4, 0.5) is 0 Å². The van der Waals surface area contributed by atoms with Crippen LogP contribution in [0.3, 0.4) is 0 Å². The van der Waals surface area contributed by atoms with Crippen molar-refractivity contribution in [1.29, 1.82) is 0 Å². The number of rotatable bonds is 8. The highest BCUT2D eigenvalue weighted by atomic mass is 16.1. The van der Waals surface area contributed by atoms with E-state index in [1.807, 2.05) is 27.1 Å². The molecule has 1 heterocycles. The standard InChI is InChI=1S/C15H28N4O/c1-5-14-13(10-19(4)18-14)9-17-15(20)11(2)7-6-8-12(3)16/h10-12H,5-9,16H2,1-4H3,(H,17,20). The number of carbonyl (C=O) groups excluding carboxylic acids is 1. The van der Waals surface area contributed by atoms with Crippen molar-refractivity contribution in [3.8, 4) is 0 Å². The van der Waals surface area contributed by atoms with Gasteiger partial charge in [-0.2, -0.15) is 5.10 Å². The van der Waals surface area contributed by atoms with Gasteiger partial charge in [0, 0.05) is 37.3 Å². The van der Waals surface area contributed by atoms with Crippen LogP contribution in [0.15, 0.2) is 6.20 Å². The lowest BCUT2D eigenvalue weighted by Gasteiger charge is -2.12. The number of nitrogens with zero attached hydrogens (tertiary/aromatic N) is 2. The summed E-state index contributed by atoms with van der Waals surface area (Å²) in [6.45, 7) is 6.61. The van der Waals surface area contributed by atoms with Gasteiger partial charge in [-0.3, -0.25) is 9.48 Å². The van der Waals surface area contributed by atoms with Gasteiger partial charge >= 0.3 is 0 Å². The summed E-state index contributed by atoms with van der Waals surface area (Å²) >= 11 is 0. The molecule has 5 heteroatoms.